The van der Waals surface area contributed by atoms with Crippen molar-refractivity contribution < 1.29 is 24.2 Å². The molecule has 0 radical (unpaired) electrons. The zero-order chi connectivity index (χ0) is 22.4. The van der Waals surface area contributed by atoms with Gasteiger partial charge in [0.15, 0.2) is 0 Å². The van der Waals surface area contributed by atoms with Gasteiger partial charge in [-0.25, -0.2) is 0 Å². The molecule has 0 aromatic heterocycles. The van der Waals surface area contributed by atoms with Crippen LogP contribution in [0.2, 0.25) is 0 Å². The van der Waals surface area contributed by atoms with E-state index in [1.807, 2.05) is 30.3 Å². The number of hydrogen-bond acceptors (Lipinski definition) is 5. The Morgan fingerprint density at radius 3 is 2.47 bits per heavy atom. The van der Waals surface area contributed by atoms with E-state index in [4.69, 9.17) is 9.84 Å². The molecule has 0 aliphatic carbocycles. The summed E-state index contributed by atoms with van der Waals surface area (Å²) in [4.78, 5) is 36.8. The second-order valence-electron chi connectivity index (χ2n) is 7.04. The van der Waals surface area contributed by atoms with Crippen molar-refractivity contribution in [1.82, 2.24) is 10.6 Å². The van der Waals surface area contributed by atoms with E-state index in [1.165, 1.54) is 0 Å². The summed E-state index contributed by atoms with van der Waals surface area (Å²) in [6, 6.07) is 8.77. The Labute approximate surface area is 178 Å². The van der Waals surface area contributed by atoms with Crippen LogP contribution >= 0.6 is 0 Å². The van der Waals surface area contributed by atoms with Crippen molar-refractivity contribution in [2.24, 2.45) is 5.92 Å². The SMILES string of the molecule is C=CCCC(=O)O[C@@H](CNC(=O)[C@@H](CC=C)CC(=O)N[C@@H](C)CO)c1ccccc1. The molecule has 1 rings (SSSR count). The highest BCUT2D eigenvalue weighted by Crippen LogP contribution is 2.18. The Morgan fingerprint density at radius 2 is 1.87 bits per heavy atom. The molecule has 30 heavy (non-hydrogen) atoms. The van der Waals surface area contributed by atoms with Crippen molar-refractivity contribution in [3.05, 3.63) is 61.2 Å². The normalized spacial score (nSPS) is 13.4. The summed E-state index contributed by atoms with van der Waals surface area (Å²) < 4.78 is 5.55. The van der Waals surface area contributed by atoms with Crippen molar-refractivity contribution in [3.63, 3.8) is 0 Å². The molecule has 0 saturated carbocycles. The Bertz CT molecular complexity index is 705. The summed E-state index contributed by atoms with van der Waals surface area (Å²) in [6.45, 7) is 8.82. The Kier molecular flexibility index (Phi) is 11.8. The fourth-order valence-corrected chi connectivity index (χ4v) is 2.76. The smallest absolute Gasteiger partial charge is 0.306 e. The highest BCUT2D eigenvalue weighted by molar-refractivity contribution is 5.86. The van der Waals surface area contributed by atoms with Crippen molar-refractivity contribution >= 4 is 17.8 Å². The molecule has 1 aromatic carbocycles. The standard InChI is InChI=1S/C23H32N2O5/c1-4-6-13-22(28)30-20(18-11-8-7-9-12-18)15-24-23(29)19(10-5-2)14-21(27)25-17(3)16-26/h4-5,7-9,11-12,17,19-20,26H,1-2,6,10,13-16H2,3H3,(H,24,29)(H,25,27)/t17-,19-,20-/m0/s1. The van der Waals surface area contributed by atoms with Gasteiger partial charge >= 0.3 is 5.97 Å². The first-order chi connectivity index (χ1) is 14.4. The lowest BCUT2D eigenvalue weighted by Crippen LogP contribution is -2.40. The van der Waals surface area contributed by atoms with E-state index in [0.717, 1.165) is 5.56 Å². The lowest BCUT2D eigenvalue weighted by molar-refractivity contribution is -0.150. The average Bonchev–Trinajstić information content (AvgIpc) is 2.75. The van der Waals surface area contributed by atoms with Gasteiger partial charge in [-0.3, -0.25) is 14.4 Å². The first-order valence-corrected chi connectivity index (χ1v) is 10.0. The van der Waals surface area contributed by atoms with E-state index in [2.05, 4.69) is 23.8 Å². The fourth-order valence-electron chi connectivity index (χ4n) is 2.76. The number of hydrogen-bond donors (Lipinski definition) is 3. The molecule has 0 aliphatic heterocycles. The Morgan fingerprint density at radius 1 is 1.17 bits per heavy atom. The maximum atomic E-state index is 12.7. The number of rotatable bonds is 14. The van der Waals surface area contributed by atoms with E-state index in [0.29, 0.717) is 12.8 Å². The van der Waals surface area contributed by atoms with Crippen molar-refractivity contribution in [3.8, 4) is 0 Å². The molecular weight excluding hydrogens is 384 g/mol. The molecule has 0 saturated heterocycles. The van der Waals surface area contributed by atoms with E-state index in [9.17, 15) is 14.4 Å². The minimum atomic E-state index is -0.639. The molecule has 0 spiro atoms. The van der Waals surface area contributed by atoms with Crippen LogP contribution in [0.4, 0.5) is 0 Å². The van der Waals surface area contributed by atoms with Gasteiger partial charge in [-0.05, 0) is 25.3 Å². The number of aliphatic hydroxyl groups is 1. The van der Waals surface area contributed by atoms with Crippen molar-refractivity contribution in [2.45, 2.75) is 44.8 Å². The van der Waals surface area contributed by atoms with Gasteiger partial charge in [-0.1, -0.05) is 42.5 Å². The van der Waals surface area contributed by atoms with Crippen LogP contribution < -0.4 is 10.6 Å². The van der Waals surface area contributed by atoms with Gasteiger partial charge in [0.25, 0.3) is 0 Å². The quantitative estimate of drug-likeness (QED) is 0.319. The fraction of sp³-hybridized carbons (Fsp3) is 0.435. The third-order valence-electron chi connectivity index (χ3n) is 4.39. The van der Waals surface area contributed by atoms with Crippen LogP contribution in [0, 0.1) is 5.92 Å². The van der Waals surface area contributed by atoms with E-state index < -0.39 is 12.0 Å². The molecule has 3 atom stereocenters. The molecule has 0 heterocycles. The molecule has 7 heteroatoms. The van der Waals surface area contributed by atoms with Gasteiger partial charge in [0.1, 0.15) is 6.10 Å². The van der Waals surface area contributed by atoms with Gasteiger partial charge in [-0.15, -0.1) is 13.2 Å². The largest absolute Gasteiger partial charge is 0.456 e. The van der Waals surface area contributed by atoms with Crippen LogP contribution in [0.15, 0.2) is 55.6 Å². The molecule has 0 fully saturated rings. The first kappa shape index (κ1) is 25.1. The Hall–Kier alpha value is -2.93. The van der Waals surface area contributed by atoms with Crippen LogP contribution in [-0.2, 0) is 19.1 Å². The van der Waals surface area contributed by atoms with E-state index in [1.54, 1.807) is 19.1 Å². The second-order valence-corrected chi connectivity index (χ2v) is 7.04. The molecule has 7 nitrogen and oxygen atoms in total. The summed E-state index contributed by atoms with van der Waals surface area (Å²) in [5.41, 5.74) is 0.763. The maximum absolute atomic E-state index is 12.7. The number of carbonyl (C=O) groups is 3. The lowest BCUT2D eigenvalue weighted by Gasteiger charge is -2.21. The van der Waals surface area contributed by atoms with Crippen LogP contribution in [0.3, 0.4) is 0 Å². The minimum Gasteiger partial charge on any atom is -0.456 e. The zero-order valence-corrected chi connectivity index (χ0v) is 17.5. The topological polar surface area (TPSA) is 105 Å². The Balaban J connectivity index is 2.76. The highest BCUT2D eigenvalue weighted by atomic mass is 16.5. The number of esters is 1. The highest BCUT2D eigenvalue weighted by Gasteiger charge is 2.24. The van der Waals surface area contributed by atoms with E-state index >= 15 is 0 Å². The summed E-state index contributed by atoms with van der Waals surface area (Å²) in [6.07, 6.45) is 3.60. The molecule has 3 N–H and O–H groups in total. The second kappa shape index (κ2) is 14.1. The molecule has 0 aliphatic rings. The van der Waals surface area contributed by atoms with Crippen LogP contribution in [-0.4, -0.2) is 42.1 Å². The van der Waals surface area contributed by atoms with Crippen LogP contribution in [0.1, 0.15) is 44.3 Å². The molecule has 0 bridgehead atoms. The summed E-state index contributed by atoms with van der Waals surface area (Å²) >= 11 is 0. The van der Waals surface area contributed by atoms with Crippen LogP contribution in [0.5, 0.6) is 0 Å². The predicted molar refractivity (Wildman–Crippen MR) is 115 cm³/mol. The van der Waals surface area contributed by atoms with Gasteiger partial charge in [0.2, 0.25) is 11.8 Å². The van der Waals surface area contributed by atoms with Gasteiger partial charge in [0, 0.05) is 18.9 Å². The van der Waals surface area contributed by atoms with Crippen molar-refractivity contribution in [1.29, 1.82) is 0 Å². The maximum Gasteiger partial charge on any atom is 0.306 e. The third-order valence-corrected chi connectivity index (χ3v) is 4.39. The predicted octanol–water partition coefficient (Wildman–Crippen LogP) is 2.43. The van der Waals surface area contributed by atoms with Gasteiger partial charge in [0.05, 0.1) is 19.1 Å². The number of amides is 2. The monoisotopic (exact) mass is 416 g/mol. The number of nitrogens with one attached hydrogen (secondary N) is 2. The summed E-state index contributed by atoms with van der Waals surface area (Å²) in [7, 11) is 0. The van der Waals surface area contributed by atoms with E-state index in [-0.39, 0.29) is 49.8 Å². The minimum absolute atomic E-state index is 0.0304. The number of benzene rings is 1. The zero-order valence-electron chi connectivity index (χ0n) is 17.5. The number of allylic oxidation sites excluding steroid dienone is 2. The summed E-state index contributed by atoms with van der Waals surface area (Å²) in [5, 5.41) is 14.5. The third kappa shape index (κ3) is 9.52. The average molecular weight is 417 g/mol. The molecule has 2 amide bonds. The molecule has 164 valence electrons. The van der Waals surface area contributed by atoms with Crippen molar-refractivity contribution in [2.75, 3.05) is 13.2 Å². The van der Waals surface area contributed by atoms with Gasteiger partial charge < -0.3 is 20.5 Å². The van der Waals surface area contributed by atoms with Gasteiger partial charge in [-0.2, -0.15) is 0 Å². The molecular formula is C23H32N2O5. The summed E-state index contributed by atoms with van der Waals surface area (Å²) in [5.74, 6) is -1.64. The molecule has 1 aromatic rings. The molecule has 0 unspecified atom stereocenters. The number of aliphatic hydroxyl groups excluding tert-OH is 1. The first-order valence-electron chi connectivity index (χ1n) is 10.0. The van der Waals surface area contributed by atoms with Crippen LogP contribution in [0.25, 0.3) is 0 Å². The number of ether oxygens (including phenoxy) is 1. The lowest BCUT2D eigenvalue weighted by atomic mass is 9.99. The number of carbonyl (C=O) groups excluding carboxylic acids is 3.